The number of carbonyl (C=O) groups excluding carboxylic acids is 1. The Labute approximate surface area is 139 Å². The average molecular weight is 385 g/mol. The van der Waals surface area contributed by atoms with E-state index in [1.165, 1.54) is 6.92 Å². The number of rotatable bonds is 7. The van der Waals surface area contributed by atoms with Gasteiger partial charge in [-0.1, -0.05) is 0 Å². The molecule has 0 saturated heterocycles. The second-order valence-corrected chi connectivity index (χ2v) is 7.13. The summed E-state index contributed by atoms with van der Waals surface area (Å²) in [6.45, 7) is 1.11. The van der Waals surface area contributed by atoms with Crippen molar-refractivity contribution in [3.63, 3.8) is 0 Å². The normalized spacial score (nSPS) is 11.3. The third-order valence-corrected chi connectivity index (χ3v) is 4.74. The van der Waals surface area contributed by atoms with Gasteiger partial charge in [-0.15, -0.1) is 0 Å². The van der Waals surface area contributed by atoms with Crippen molar-refractivity contribution in [1.29, 1.82) is 0 Å². The molecule has 2 aromatic rings. The molecule has 0 spiro atoms. The van der Waals surface area contributed by atoms with Gasteiger partial charge in [-0.25, -0.2) is 0 Å². The van der Waals surface area contributed by atoms with Crippen molar-refractivity contribution in [3.8, 4) is 0 Å². The fourth-order valence-corrected chi connectivity index (χ4v) is 3.27. The Morgan fingerprint density at radius 1 is 1.00 bits per heavy atom. The van der Waals surface area contributed by atoms with Crippen LogP contribution >= 0.6 is 0 Å². The number of esters is 1. The van der Waals surface area contributed by atoms with E-state index >= 15 is 0 Å². The molecule has 6 heteroatoms. The number of hydrogen-bond acceptors (Lipinski definition) is 3. The number of carbonyl (C=O) groups is 1. The third-order valence-electron chi connectivity index (χ3n) is 2.92. The van der Waals surface area contributed by atoms with Gasteiger partial charge < -0.3 is 0 Å². The molecule has 0 bridgehead atoms. The molecule has 0 N–H and O–H groups in total. The number of halogens is 2. The van der Waals surface area contributed by atoms with Crippen LogP contribution in [0.2, 0.25) is 0 Å². The molecule has 2 rings (SSSR count). The predicted molar refractivity (Wildman–Crippen MR) is 83.5 cm³/mol. The molecule has 0 radical (unpaired) electrons. The van der Waals surface area contributed by atoms with Gasteiger partial charge in [0.15, 0.2) is 0 Å². The Hall–Kier alpha value is -1.75. The summed E-state index contributed by atoms with van der Waals surface area (Å²) in [6, 6.07) is 15.4. The molecule has 0 amide bonds. The van der Waals surface area contributed by atoms with E-state index in [1.54, 1.807) is 54.6 Å². The first kappa shape index (κ1) is 17.6. The Kier molecular flexibility index (Phi) is 6.28. The minimum atomic E-state index is -3.21. The number of alkyl halides is 2. The van der Waals surface area contributed by atoms with Crippen molar-refractivity contribution in [1.82, 2.24) is 0 Å². The zero-order chi connectivity index (χ0) is 16.7. The standard InChI is InChI=1S/C17H16F2O3Se/c1-13(20)21-11-14-7-5-6-8-15(14)12-22-17(18,19)23-16-9-3-2-4-10-16/h2-10H,11-12H2,1H3. The van der Waals surface area contributed by atoms with Crippen LogP contribution < -0.4 is 4.46 Å². The third kappa shape index (κ3) is 6.10. The van der Waals surface area contributed by atoms with Crippen LogP contribution in [0.4, 0.5) is 8.78 Å². The molecule has 23 heavy (non-hydrogen) atoms. The number of hydrogen-bond donors (Lipinski definition) is 0. The van der Waals surface area contributed by atoms with Crippen LogP contribution in [0.3, 0.4) is 0 Å². The Balaban J connectivity index is 1.98. The van der Waals surface area contributed by atoms with Crippen molar-refractivity contribution in [2.75, 3.05) is 0 Å². The fourth-order valence-electron chi connectivity index (χ4n) is 1.84. The zero-order valence-corrected chi connectivity index (χ0v) is 14.2. The van der Waals surface area contributed by atoms with E-state index in [0.717, 1.165) is 0 Å². The van der Waals surface area contributed by atoms with E-state index in [-0.39, 0.29) is 13.2 Å². The van der Waals surface area contributed by atoms with Crippen LogP contribution in [-0.4, -0.2) is 25.9 Å². The van der Waals surface area contributed by atoms with Crippen LogP contribution in [0, 0.1) is 0 Å². The summed E-state index contributed by atoms with van der Waals surface area (Å²) >= 11 is -1.11. The quantitative estimate of drug-likeness (QED) is 0.543. The van der Waals surface area contributed by atoms with Crippen molar-refractivity contribution in [2.45, 2.75) is 25.1 Å². The van der Waals surface area contributed by atoms with Crippen LogP contribution in [0.5, 0.6) is 0 Å². The van der Waals surface area contributed by atoms with E-state index in [0.29, 0.717) is 15.6 Å². The monoisotopic (exact) mass is 386 g/mol. The van der Waals surface area contributed by atoms with Crippen molar-refractivity contribution >= 4 is 25.4 Å². The first-order chi connectivity index (χ1) is 11.0. The van der Waals surface area contributed by atoms with Gasteiger partial charge in [0.1, 0.15) is 0 Å². The molecule has 2 aromatic carbocycles. The second-order valence-electron chi connectivity index (χ2n) is 4.72. The van der Waals surface area contributed by atoms with E-state index in [9.17, 15) is 13.6 Å². The van der Waals surface area contributed by atoms with Crippen LogP contribution in [-0.2, 0) is 27.5 Å². The van der Waals surface area contributed by atoms with Gasteiger partial charge in [0, 0.05) is 0 Å². The fraction of sp³-hybridized carbons (Fsp3) is 0.235. The maximum atomic E-state index is 14.0. The summed E-state index contributed by atoms with van der Waals surface area (Å²) in [4.78, 5) is 10.9. The molecule has 0 aromatic heterocycles. The maximum absolute atomic E-state index is 14.0. The molecule has 3 nitrogen and oxygen atoms in total. The van der Waals surface area contributed by atoms with Gasteiger partial charge in [0.2, 0.25) is 0 Å². The van der Waals surface area contributed by atoms with Gasteiger partial charge in [-0.3, -0.25) is 0 Å². The topological polar surface area (TPSA) is 35.5 Å². The molecule has 0 aliphatic carbocycles. The molecular weight excluding hydrogens is 369 g/mol. The number of ether oxygens (including phenoxy) is 2. The molecular formula is C17H16F2O3Se. The van der Waals surface area contributed by atoms with Gasteiger partial charge >= 0.3 is 139 Å². The summed E-state index contributed by atoms with van der Waals surface area (Å²) < 4.78 is 38.2. The summed E-state index contributed by atoms with van der Waals surface area (Å²) in [5.41, 5.74) is 1.24. The number of benzene rings is 2. The zero-order valence-electron chi connectivity index (χ0n) is 12.5. The summed E-state index contributed by atoms with van der Waals surface area (Å²) in [5.74, 6) is -0.418. The molecule has 122 valence electrons. The van der Waals surface area contributed by atoms with E-state index in [4.69, 9.17) is 9.47 Å². The van der Waals surface area contributed by atoms with E-state index < -0.39 is 25.9 Å². The molecule has 0 aliphatic rings. The minimum absolute atomic E-state index is 0.0459. The van der Waals surface area contributed by atoms with Crippen molar-refractivity contribution in [3.05, 3.63) is 65.7 Å². The molecule has 0 aliphatic heterocycles. The van der Waals surface area contributed by atoms with Crippen LogP contribution in [0.15, 0.2) is 54.6 Å². The van der Waals surface area contributed by atoms with Crippen LogP contribution in [0.25, 0.3) is 0 Å². The molecule has 0 unspecified atom stereocenters. The summed E-state index contributed by atoms with van der Waals surface area (Å²) in [6.07, 6.45) is 0. The van der Waals surface area contributed by atoms with Crippen LogP contribution in [0.1, 0.15) is 18.1 Å². The van der Waals surface area contributed by atoms with E-state index in [1.807, 2.05) is 0 Å². The SMILES string of the molecule is CC(=O)OCc1ccccc1COC(F)(F)[Se]c1ccccc1. The van der Waals surface area contributed by atoms with Gasteiger partial charge in [0.25, 0.3) is 0 Å². The predicted octanol–water partition coefficient (Wildman–Crippen LogP) is 2.85. The van der Waals surface area contributed by atoms with Gasteiger partial charge in [-0.05, 0) is 0 Å². The molecule has 0 atom stereocenters. The van der Waals surface area contributed by atoms with Gasteiger partial charge in [0.05, 0.1) is 0 Å². The van der Waals surface area contributed by atoms with Crippen molar-refractivity contribution < 1.29 is 23.0 Å². The first-order valence-corrected chi connectivity index (χ1v) is 8.63. The molecule has 0 saturated carbocycles. The van der Waals surface area contributed by atoms with E-state index in [2.05, 4.69) is 0 Å². The van der Waals surface area contributed by atoms with Gasteiger partial charge in [-0.2, -0.15) is 0 Å². The summed E-state index contributed by atoms with van der Waals surface area (Å²) in [7, 11) is 0. The molecule has 0 fully saturated rings. The Bertz CT molecular complexity index is 647. The molecule has 0 heterocycles. The Morgan fingerprint density at radius 3 is 2.17 bits per heavy atom. The Morgan fingerprint density at radius 2 is 1.57 bits per heavy atom. The first-order valence-electron chi connectivity index (χ1n) is 6.92. The average Bonchev–Trinajstić information content (AvgIpc) is 2.52. The van der Waals surface area contributed by atoms with Crippen molar-refractivity contribution in [2.24, 2.45) is 0 Å². The second kappa shape index (κ2) is 8.20. The summed E-state index contributed by atoms with van der Waals surface area (Å²) in [5, 5.41) is -3.21.